The van der Waals surface area contributed by atoms with Gasteiger partial charge in [0.25, 0.3) is 0 Å². The monoisotopic (exact) mass is 182 g/mol. The second-order valence-corrected chi connectivity index (χ2v) is 5.74. The van der Waals surface area contributed by atoms with Crippen LogP contribution in [0.25, 0.3) is 0 Å². The van der Waals surface area contributed by atoms with Crippen molar-refractivity contribution < 1.29 is 0 Å². The zero-order valence-corrected chi connectivity index (χ0v) is 10.6. The van der Waals surface area contributed by atoms with E-state index in [4.69, 9.17) is 0 Å². The van der Waals surface area contributed by atoms with Gasteiger partial charge in [0, 0.05) is 0 Å². The van der Waals surface area contributed by atoms with E-state index in [1.807, 2.05) is 0 Å². The van der Waals surface area contributed by atoms with Gasteiger partial charge in [0.05, 0.1) is 0 Å². The van der Waals surface area contributed by atoms with Crippen molar-refractivity contribution in [1.82, 2.24) is 0 Å². The Hall–Kier alpha value is 0.0649. The quantitative estimate of drug-likeness (QED) is 0.570. The lowest BCUT2D eigenvalue weighted by Gasteiger charge is -2.36. The Morgan fingerprint density at radius 1 is 1.15 bits per heavy atom. The summed E-state index contributed by atoms with van der Waals surface area (Å²) >= 11 is 0. The molecule has 0 saturated heterocycles. The predicted octanol–water partition coefficient (Wildman–Crippen LogP) is 3.53. The van der Waals surface area contributed by atoms with Crippen LogP contribution < -0.4 is 0 Å². The van der Waals surface area contributed by atoms with Gasteiger partial charge in [-0.25, -0.2) is 0 Å². The molecule has 0 heterocycles. The van der Waals surface area contributed by atoms with Gasteiger partial charge < -0.3 is 0 Å². The fourth-order valence-corrected chi connectivity index (χ4v) is 2.04. The van der Waals surface area contributed by atoms with Gasteiger partial charge in [-0.3, -0.25) is 0 Å². The van der Waals surface area contributed by atoms with Gasteiger partial charge in [0.2, 0.25) is 0 Å². The molecule has 0 aliphatic heterocycles. The number of hydrogen-bond acceptors (Lipinski definition) is 0. The molecule has 0 aromatic rings. The highest BCUT2D eigenvalue weighted by Gasteiger charge is 2.28. The van der Waals surface area contributed by atoms with E-state index in [1.54, 1.807) is 0 Å². The molecule has 0 aromatic carbocycles. The highest BCUT2D eigenvalue weighted by molar-refractivity contribution is 6.12. The van der Waals surface area contributed by atoms with Gasteiger partial charge in [-0.05, 0) is 23.7 Å². The van der Waals surface area contributed by atoms with E-state index in [9.17, 15) is 0 Å². The second-order valence-electron chi connectivity index (χ2n) is 5.74. The molecular formula is C12H27B. The summed E-state index contributed by atoms with van der Waals surface area (Å²) in [6.45, 7) is 14.1. The van der Waals surface area contributed by atoms with Crippen LogP contribution in [0, 0.1) is 17.3 Å². The summed E-state index contributed by atoms with van der Waals surface area (Å²) in [5, 5.41) is 0. The molecule has 0 radical (unpaired) electrons. The van der Waals surface area contributed by atoms with Crippen LogP contribution >= 0.6 is 0 Å². The maximum atomic E-state index is 2.41. The van der Waals surface area contributed by atoms with E-state index in [-0.39, 0.29) is 0 Å². The average Bonchev–Trinajstić information content (AvgIpc) is 2.01. The molecule has 13 heavy (non-hydrogen) atoms. The van der Waals surface area contributed by atoms with E-state index in [0.29, 0.717) is 5.41 Å². The molecule has 0 rings (SSSR count). The maximum Gasteiger partial charge on any atom is 0.106 e. The molecule has 1 heteroatoms. The van der Waals surface area contributed by atoms with Gasteiger partial charge in [0.1, 0.15) is 7.85 Å². The van der Waals surface area contributed by atoms with Crippen molar-refractivity contribution in [1.29, 1.82) is 0 Å². The topological polar surface area (TPSA) is 0 Å². The summed E-state index contributed by atoms with van der Waals surface area (Å²) in [6.07, 6.45) is 2.65. The minimum Gasteiger partial charge on any atom is -0.0649 e. The first-order valence-corrected chi connectivity index (χ1v) is 5.81. The Morgan fingerprint density at radius 2 is 1.62 bits per heavy atom. The van der Waals surface area contributed by atoms with Crippen LogP contribution in [0.15, 0.2) is 0 Å². The zero-order chi connectivity index (χ0) is 10.6. The molecular weight excluding hydrogens is 155 g/mol. The molecule has 0 saturated carbocycles. The molecule has 0 fully saturated rings. The van der Waals surface area contributed by atoms with Crippen molar-refractivity contribution in [2.45, 2.75) is 60.2 Å². The van der Waals surface area contributed by atoms with Gasteiger partial charge in [-0.1, -0.05) is 53.8 Å². The lowest BCUT2D eigenvalue weighted by molar-refractivity contribution is 0.247. The van der Waals surface area contributed by atoms with Crippen molar-refractivity contribution in [3.05, 3.63) is 0 Å². The predicted molar refractivity (Wildman–Crippen MR) is 65.0 cm³/mol. The summed E-state index contributed by atoms with van der Waals surface area (Å²) in [4.78, 5) is 0. The Kier molecular flexibility index (Phi) is 5.10. The zero-order valence-electron chi connectivity index (χ0n) is 10.6. The fourth-order valence-electron chi connectivity index (χ4n) is 2.04. The van der Waals surface area contributed by atoms with E-state index >= 15 is 0 Å². The molecule has 0 aliphatic carbocycles. The molecule has 0 nitrogen and oxygen atoms in total. The Balaban J connectivity index is 4.16. The minimum absolute atomic E-state index is 0.508. The van der Waals surface area contributed by atoms with Crippen molar-refractivity contribution in [3.63, 3.8) is 0 Å². The SMILES string of the molecule is BC(C(C)CC(C)C)C(C)(C)CC. The lowest BCUT2D eigenvalue weighted by atomic mass is 9.59. The lowest BCUT2D eigenvalue weighted by Crippen LogP contribution is -2.24. The second kappa shape index (κ2) is 5.07. The number of hydrogen-bond donors (Lipinski definition) is 0. The first kappa shape index (κ1) is 13.1. The third kappa shape index (κ3) is 4.20. The fraction of sp³-hybridized carbons (Fsp3) is 1.00. The highest BCUT2D eigenvalue weighted by Crippen LogP contribution is 2.40. The third-order valence-electron chi connectivity index (χ3n) is 3.84. The minimum atomic E-state index is 0.508. The summed E-state index contributed by atoms with van der Waals surface area (Å²) in [5.41, 5.74) is 0.508. The van der Waals surface area contributed by atoms with Crippen molar-refractivity contribution in [2.24, 2.45) is 17.3 Å². The molecule has 2 atom stereocenters. The molecule has 0 amide bonds. The molecule has 0 N–H and O–H groups in total. The van der Waals surface area contributed by atoms with Gasteiger partial charge in [0.15, 0.2) is 0 Å². The summed E-state index contributed by atoms with van der Waals surface area (Å²) in [6, 6.07) is 0. The molecule has 78 valence electrons. The normalized spacial score (nSPS) is 17.5. The van der Waals surface area contributed by atoms with Gasteiger partial charge >= 0.3 is 0 Å². The van der Waals surface area contributed by atoms with Crippen molar-refractivity contribution >= 4 is 7.85 Å². The summed E-state index contributed by atoms with van der Waals surface area (Å²) in [7, 11) is 2.41. The number of rotatable bonds is 5. The first-order valence-electron chi connectivity index (χ1n) is 5.81. The van der Waals surface area contributed by atoms with Crippen LogP contribution in [0.1, 0.15) is 54.4 Å². The Bertz CT molecular complexity index is 138. The summed E-state index contributed by atoms with van der Waals surface area (Å²) in [5.74, 6) is 2.53. The summed E-state index contributed by atoms with van der Waals surface area (Å²) < 4.78 is 0. The molecule has 0 aromatic heterocycles. The van der Waals surface area contributed by atoms with E-state index in [0.717, 1.165) is 17.7 Å². The molecule has 0 aliphatic rings. The smallest absolute Gasteiger partial charge is 0.0649 e. The van der Waals surface area contributed by atoms with E-state index in [1.165, 1.54) is 12.8 Å². The van der Waals surface area contributed by atoms with Gasteiger partial charge in [-0.2, -0.15) is 0 Å². The van der Waals surface area contributed by atoms with E-state index in [2.05, 4.69) is 49.4 Å². The Labute approximate surface area is 85.9 Å². The average molecular weight is 182 g/mol. The largest absolute Gasteiger partial charge is 0.106 e. The van der Waals surface area contributed by atoms with Crippen LogP contribution in [0.3, 0.4) is 0 Å². The maximum absolute atomic E-state index is 2.41. The van der Waals surface area contributed by atoms with Crippen LogP contribution in [0.5, 0.6) is 0 Å². The van der Waals surface area contributed by atoms with Crippen molar-refractivity contribution in [3.8, 4) is 0 Å². The standard InChI is InChI=1S/C12H27B/c1-7-12(5,6)11(13)10(4)8-9(2)3/h9-11H,7-8,13H2,1-6H3. The van der Waals surface area contributed by atoms with Gasteiger partial charge in [-0.15, -0.1) is 0 Å². The molecule has 2 unspecified atom stereocenters. The molecule has 0 bridgehead atoms. The highest BCUT2D eigenvalue weighted by atomic mass is 14.3. The molecule has 0 spiro atoms. The Morgan fingerprint density at radius 3 is 1.92 bits per heavy atom. The third-order valence-corrected chi connectivity index (χ3v) is 3.84. The van der Waals surface area contributed by atoms with E-state index < -0.39 is 0 Å². The van der Waals surface area contributed by atoms with Crippen LogP contribution in [0.4, 0.5) is 0 Å². The van der Waals surface area contributed by atoms with Crippen LogP contribution in [-0.4, -0.2) is 7.85 Å². The van der Waals surface area contributed by atoms with Crippen molar-refractivity contribution in [2.75, 3.05) is 0 Å². The van der Waals surface area contributed by atoms with Crippen LogP contribution in [0.2, 0.25) is 5.82 Å². The van der Waals surface area contributed by atoms with Crippen LogP contribution in [-0.2, 0) is 0 Å². The first-order chi connectivity index (χ1) is 5.81.